The van der Waals surface area contributed by atoms with Gasteiger partial charge >= 0.3 is 18.1 Å². The number of halogens is 2. The van der Waals surface area contributed by atoms with Gasteiger partial charge in [-0.1, -0.05) is 23.2 Å². The molecule has 3 fully saturated rings. The Hall–Kier alpha value is -2.85. The van der Waals surface area contributed by atoms with E-state index in [0.717, 1.165) is 24.3 Å². The van der Waals surface area contributed by atoms with Gasteiger partial charge in [0.1, 0.15) is 12.1 Å². The predicted molar refractivity (Wildman–Crippen MR) is 173 cm³/mol. The minimum Gasteiger partial charge on any atom is -0.467 e. The number of ether oxygens (including phenoxy) is 3. The molecule has 3 heterocycles. The average molecular weight is 721 g/mol. The van der Waals surface area contributed by atoms with Crippen LogP contribution in [0.25, 0.3) is 0 Å². The van der Waals surface area contributed by atoms with E-state index in [1.165, 1.54) is 18.2 Å². The molecule has 0 unspecified atom stereocenters. The van der Waals surface area contributed by atoms with Crippen molar-refractivity contribution in [1.82, 2.24) is 24.7 Å². The number of amides is 4. The molecule has 0 radical (unpaired) electrons. The predicted octanol–water partition coefficient (Wildman–Crippen LogP) is 2.86. The fourth-order valence-corrected chi connectivity index (χ4v) is 8.55. The molecule has 2 N–H and O–H groups in total. The molecule has 0 spiro atoms. The maximum atomic E-state index is 13.4. The summed E-state index contributed by atoms with van der Waals surface area (Å²) >= 11 is 12.0. The van der Waals surface area contributed by atoms with Crippen LogP contribution in [-0.4, -0.2) is 124 Å². The first-order valence-corrected chi connectivity index (χ1v) is 17.9. The highest BCUT2D eigenvalue weighted by Crippen LogP contribution is 2.30. The van der Waals surface area contributed by atoms with E-state index in [2.05, 4.69) is 10.6 Å². The lowest BCUT2D eigenvalue weighted by molar-refractivity contribution is -0.145. The second-order valence-corrected chi connectivity index (χ2v) is 14.9. The summed E-state index contributed by atoms with van der Waals surface area (Å²) < 4.78 is 43.8. The minimum absolute atomic E-state index is 0.0386. The van der Waals surface area contributed by atoms with E-state index in [9.17, 15) is 27.6 Å². The molecule has 14 nitrogen and oxygen atoms in total. The van der Waals surface area contributed by atoms with Gasteiger partial charge in [-0.05, 0) is 70.1 Å². The summed E-state index contributed by atoms with van der Waals surface area (Å²) in [5.74, 6) is -1.20. The molecule has 0 aliphatic carbocycles. The van der Waals surface area contributed by atoms with Gasteiger partial charge in [0.25, 0.3) is 0 Å². The zero-order valence-electron chi connectivity index (χ0n) is 26.8. The van der Waals surface area contributed by atoms with Crippen LogP contribution in [0.5, 0.6) is 0 Å². The highest BCUT2D eigenvalue weighted by atomic mass is 35.5. The largest absolute Gasteiger partial charge is 0.467 e. The van der Waals surface area contributed by atoms with Crippen molar-refractivity contribution in [1.29, 1.82) is 0 Å². The number of hydrogen-bond acceptors (Lipinski definition) is 9. The number of benzene rings is 1. The number of likely N-dealkylation sites (tertiary alicyclic amines) is 1. The zero-order valence-corrected chi connectivity index (χ0v) is 29.1. The summed E-state index contributed by atoms with van der Waals surface area (Å²) in [5, 5.41) is 5.51. The molecule has 262 valence electrons. The van der Waals surface area contributed by atoms with Crippen molar-refractivity contribution in [2.45, 2.75) is 75.1 Å². The lowest BCUT2D eigenvalue weighted by Crippen LogP contribution is -2.55. The first kappa shape index (κ1) is 37.0. The molecular formula is C30H43Cl2N5O9S. The molecule has 4 rings (SSSR count). The standard InChI is InChI=1S/C30H43Cl2N5O9S/c1-19-17-36(18-20(2)46-19)30(41)45-12-8-21-6-10-35(11-7-21)29(40)33-16-25(28(39)44-3)34-27(38)26-5-4-9-37(26)47(42,43)24-14-22(31)13-23(32)15-24/h13-15,19-21,25-26H,4-12,16-18H2,1-3H3,(H,33,40)(H,34,38)/t19-,20+,25-,26-/m0/s1. The number of rotatable bonds is 10. The summed E-state index contributed by atoms with van der Waals surface area (Å²) in [6.07, 6.45) is 2.37. The van der Waals surface area contributed by atoms with Crippen LogP contribution < -0.4 is 10.6 Å². The first-order valence-electron chi connectivity index (χ1n) is 15.7. The number of methoxy groups -OCH3 is 1. The van der Waals surface area contributed by atoms with E-state index in [1.54, 1.807) is 9.80 Å². The quantitative estimate of drug-likeness (QED) is 0.346. The number of sulfonamides is 1. The lowest BCUT2D eigenvalue weighted by atomic mass is 9.94. The Balaban J connectivity index is 1.24. The molecule has 0 bridgehead atoms. The van der Waals surface area contributed by atoms with Gasteiger partial charge in [0, 0.05) is 29.7 Å². The Kier molecular flexibility index (Phi) is 13.0. The Morgan fingerprint density at radius 1 is 0.979 bits per heavy atom. The van der Waals surface area contributed by atoms with Crippen molar-refractivity contribution in [3.63, 3.8) is 0 Å². The van der Waals surface area contributed by atoms with Crippen LogP contribution in [-0.2, 0) is 33.8 Å². The fourth-order valence-electron chi connectivity index (χ4n) is 6.16. The number of piperidine rings is 1. The van der Waals surface area contributed by atoms with Crippen LogP contribution in [0.2, 0.25) is 10.0 Å². The van der Waals surface area contributed by atoms with E-state index in [4.69, 9.17) is 37.4 Å². The zero-order chi connectivity index (χ0) is 34.3. The van der Waals surface area contributed by atoms with Gasteiger partial charge in [-0.25, -0.2) is 22.8 Å². The SMILES string of the molecule is COC(=O)[C@H](CNC(=O)N1CCC(CCOC(=O)N2C[C@@H](C)O[C@@H](C)C2)CC1)NC(=O)[C@@H]1CCCN1S(=O)(=O)c1cc(Cl)cc(Cl)c1. The summed E-state index contributed by atoms with van der Waals surface area (Å²) in [7, 11) is -2.97. The summed E-state index contributed by atoms with van der Waals surface area (Å²) in [6.45, 7) is 5.92. The number of urea groups is 1. The molecule has 0 saturated carbocycles. The Bertz CT molecular complexity index is 1380. The minimum atomic E-state index is -4.12. The number of carbonyl (C=O) groups is 4. The first-order chi connectivity index (χ1) is 22.3. The van der Waals surface area contributed by atoms with Gasteiger partial charge in [-0.3, -0.25) is 4.79 Å². The number of nitrogens with one attached hydrogen (secondary N) is 2. The van der Waals surface area contributed by atoms with Gasteiger partial charge in [-0.2, -0.15) is 4.31 Å². The van der Waals surface area contributed by atoms with E-state index in [0.29, 0.717) is 45.6 Å². The van der Waals surface area contributed by atoms with Crippen LogP contribution in [0, 0.1) is 5.92 Å². The molecule has 0 aromatic heterocycles. The lowest BCUT2D eigenvalue weighted by Gasteiger charge is -2.35. The molecule has 17 heteroatoms. The van der Waals surface area contributed by atoms with Gasteiger partial charge < -0.3 is 34.6 Å². The molecule has 1 aromatic carbocycles. The molecule has 1 aromatic rings. The molecular weight excluding hydrogens is 677 g/mol. The Labute approximate surface area is 285 Å². The third-order valence-corrected chi connectivity index (χ3v) is 10.9. The summed E-state index contributed by atoms with van der Waals surface area (Å²) in [5.41, 5.74) is 0. The second kappa shape index (κ2) is 16.5. The summed E-state index contributed by atoms with van der Waals surface area (Å²) in [6, 6.07) is 1.19. The molecule has 4 atom stereocenters. The number of hydrogen-bond donors (Lipinski definition) is 2. The van der Waals surface area contributed by atoms with Crippen molar-refractivity contribution in [2.75, 3.05) is 53.0 Å². The topological polar surface area (TPSA) is 164 Å². The Morgan fingerprint density at radius 2 is 1.62 bits per heavy atom. The normalized spacial score (nSPS) is 23.2. The highest BCUT2D eigenvalue weighted by Gasteiger charge is 2.41. The van der Waals surface area contributed by atoms with Crippen LogP contribution >= 0.6 is 23.2 Å². The van der Waals surface area contributed by atoms with Crippen molar-refractivity contribution in [3.05, 3.63) is 28.2 Å². The van der Waals surface area contributed by atoms with Gasteiger partial charge in [-0.15, -0.1) is 0 Å². The summed E-state index contributed by atoms with van der Waals surface area (Å²) in [4.78, 5) is 54.4. The molecule has 3 aliphatic heterocycles. The maximum Gasteiger partial charge on any atom is 0.409 e. The van der Waals surface area contributed by atoms with Crippen LogP contribution in [0.3, 0.4) is 0 Å². The molecule has 3 saturated heterocycles. The van der Waals surface area contributed by atoms with E-state index in [-0.39, 0.29) is 58.7 Å². The fraction of sp³-hybridized carbons (Fsp3) is 0.667. The molecule has 47 heavy (non-hydrogen) atoms. The van der Waals surface area contributed by atoms with Crippen LogP contribution in [0.4, 0.5) is 9.59 Å². The number of carbonyl (C=O) groups excluding carboxylic acids is 4. The van der Waals surface area contributed by atoms with Gasteiger partial charge in [0.15, 0.2) is 0 Å². The third-order valence-electron chi connectivity index (χ3n) is 8.54. The molecule has 4 amide bonds. The molecule has 3 aliphatic rings. The van der Waals surface area contributed by atoms with Crippen LogP contribution in [0.1, 0.15) is 46.0 Å². The van der Waals surface area contributed by atoms with E-state index in [1.807, 2.05) is 13.8 Å². The van der Waals surface area contributed by atoms with Crippen molar-refractivity contribution >= 4 is 57.2 Å². The van der Waals surface area contributed by atoms with Crippen molar-refractivity contribution in [3.8, 4) is 0 Å². The van der Waals surface area contributed by atoms with Gasteiger partial charge in [0.05, 0.1) is 50.5 Å². The van der Waals surface area contributed by atoms with E-state index < -0.39 is 40.0 Å². The highest BCUT2D eigenvalue weighted by molar-refractivity contribution is 7.89. The maximum absolute atomic E-state index is 13.4. The number of esters is 1. The van der Waals surface area contributed by atoms with Gasteiger partial charge in [0.2, 0.25) is 15.9 Å². The van der Waals surface area contributed by atoms with E-state index >= 15 is 0 Å². The average Bonchev–Trinajstić information content (AvgIpc) is 3.53. The smallest absolute Gasteiger partial charge is 0.409 e. The second-order valence-electron chi connectivity index (χ2n) is 12.1. The van der Waals surface area contributed by atoms with Crippen LogP contribution in [0.15, 0.2) is 23.1 Å². The number of nitrogens with zero attached hydrogens (tertiary/aromatic N) is 3. The van der Waals surface area contributed by atoms with Crippen molar-refractivity contribution in [2.24, 2.45) is 5.92 Å². The number of morpholine rings is 1. The van der Waals surface area contributed by atoms with Crippen molar-refractivity contribution < 1.29 is 41.8 Å². The Morgan fingerprint density at radius 3 is 2.23 bits per heavy atom. The monoisotopic (exact) mass is 719 g/mol. The third kappa shape index (κ3) is 9.84.